The first-order valence-electron chi connectivity index (χ1n) is 4.44. The first-order chi connectivity index (χ1) is 6.61. The van der Waals surface area contributed by atoms with Gasteiger partial charge in [0.15, 0.2) is 0 Å². The standard InChI is InChI=1S/C9H11NO4/c11-7-1-2-8(12)10(7)5-9(13)3-4-14-6-9/h1-2,13H,3-6H2. The van der Waals surface area contributed by atoms with Gasteiger partial charge in [-0.1, -0.05) is 0 Å². The Morgan fingerprint density at radius 1 is 1.43 bits per heavy atom. The largest absolute Gasteiger partial charge is 0.386 e. The average molecular weight is 197 g/mol. The van der Waals surface area contributed by atoms with Gasteiger partial charge in [-0.25, -0.2) is 0 Å². The fraction of sp³-hybridized carbons (Fsp3) is 0.556. The summed E-state index contributed by atoms with van der Waals surface area (Å²) >= 11 is 0. The molecule has 2 heterocycles. The van der Waals surface area contributed by atoms with E-state index in [0.29, 0.717) is 13.0 Å². The summed E-state index contributed by atoms with van der Waals surface area (Å²) in [5, 5.41) is 9.89. The van der Waals surface area contributed by atoms with Crippen LogP contribution in [0.25, 0.3) is 0 Å². The average Bonchev–Trinajstić information content (AvgIpc) is 2.68. The smallest absolute Gasteiger partial charge is 0.253 e. The van der Waals surface area contributed by atoms with Crippen molar-refractivity contribution < 1.29 is 19.4 Å². The van der Waals surface area contributed by atoms with Crippen LogP contribution in [-0.4, -0.2) is 47.2 Å². The fourth-order valence-electron chi connectivity index (χ4n) is 1.60. The lowest BCUT2D eigenvalue weighted by Crippen LogP contribution is -2.46. The number of carbonyl (C=O) groups is 2. The van der Waals surface area contributed by atoms with Gasteiger partial charge in [-0.05, 0) is 0 Å². The van der Waals surface area contributed by atoms with Crippen molar-refractivity contribution >= 4 is 11.8 Å². The molecule has 0 aromatic heterocycles. The number of imide groups is 1. The van der Waals surface area contributed by atoms with Gasteiger partial charge in [0.25, 0.3) is 11.8 Å². The molecule has 2 amide bonds. The number of nitrogens with zero attached hydrogens (tertiary/aromatic N) is 1. The topological polar surface area (TPSA) is 66.8 Å². The van der Waals surface area contributed by atoms with E-state index in [2.05, 4.69) is 0 Å². The van der Waals surface area contributed by atoms with E-state index in [-0.39, 0.29) is 25.0 Å². The quantitative estimate of drug-likeness (QED) is 0.580. The number of ether oxygens (including phenoxy) is 1. The third-order valence-corrected chi connectivity index (χ3v) is 2.44. The van der Waals surface area contributed by atoms with Crippen LogP contribution in [0, 0.1) is 0 Å². The molecule has 2 aliphatic rings. The van der Waals surface area contributed by atoms with Crippen LogP contribution in [0.2, 0.25) is 0 Å². The minimum absolute atomic E-state index is 0.0255. The van der Waals surface area contributed by atoms with E-state index in [9.17, 15) is 14.7 Å². The van der Waals surface area contributed by atoms with E-state index >= 15 is 0 Å². The van der Waals surface area contributed by atoms with Gasteiger partial charge in [0.05, 0.1) is 13.2 Å². The normalized spacial score (nSPS) is 31.9. The number of rotatable bonds is 2. The van der Waals surface area contributed by atoms with E-state index in [1.807, 2.05) is 0 Å². The molecular formula is C9H11NO4. The molecule has 0 bridgehead atoms. The van der Waals surface area contributed by atoms with Crippen LogP contribution < -0.4 is 0 Å². The second-order valence-corrected chi connectivity index (χ2v) is 3.62. The Kier molecular flexibility index (Phi) is 2.13. The minimum atomic E-state index is -1.06. The van der Waals surface area contributed by atoms with Crippen LogP contribution in [0.5, 0.6) is 0 Å². The van der Waals surface area contributed by atoms with Crippen molar-refractivity contribution in [3.63, 3.8) is 0 Å². The Labute approximate surface area is 80.9 Å². The zero-order valence-corrected chi connectivity index (χ0v) is 7.60. The highest BCUT2D eigenvalue weighted by Gasteiger charge is 2.38. The number of carbonyl (C=O) groups excluding carboxylic acids is 2. The number of hydrogen-bond donors (Lipinski definition) is 1. The molecule has 1 saturated heterocycles. The summed E-state index contributed by atoms with van der Waals surface area (Å²) < 4.78 is 5.02. The first kappa shape index (κ1) is 9.36. The molecule has 76 valence electrons. The van der Waals surface area contributed by atoms with Gasteiger partial charge in [0.2, 0.25) is 0 Å². The van der Waals surface area contributed by atoms with Crippen molar-refractivity contribution in [1.29, 1.82) is 0 Å². The lowest BCUT2D eigenvalue weighted by atomic mass is 10.0. The molecule has 1 unspecified atom stereocenters. The Bertz CT molecular complexity index is 286. The lowest BCUT2D eigenvalue weighted by Gasteiger charge is -2.25. The van der Waals surface area contributed by atoms with Crippen molar-refractivity contribution in [2.75, 3.05) is 19.8 Å². The molecule has 2 aliphatic heterocycles. The van der Waals surface area contributed by atoms with Gasteiger partial charge in [-0.15, -0.1) is 0 Å². The third kappa shape index (κ3) is 1.56. The summed E-state index contributed by atoms with van der Waals surface area (Å²) in [5.74, 6) is -0.731. The monoisotopic (exact) mass is 197 g/mol. The number of hydrogen-bond acceptors (Lipinski definition) is 4. The second-order valence-electron chi connectivity index (χ2n) is 3.62. The molecule has 1 N–H and O–H groups in total. The van der Waals surface area contributed by atoms with Crippen LogP contribution in [0.15, 0.2) is 12.2 Å². The predicted octanol–water partition coefficient (Wildman–Crippen LogP) is -0.937. The summed E-state index contributed by atoms with van der Waals surface area (Å²) in [4.78, 5) is 23.4. The van der Waals surface area contributed by atoms with Gasteiger partial charge >= 0.3 is 0 Å². The Balaban J connectivity index is 2.04. The molecule has 1 fully saturated rings. The molecule has 0 spiro atoms. The number of amides is 2. The fourth-order valence-corrected chi connectivity index (χ4v) is 1.60. The minimum Gasteiger partial charge on any atom is -0.386 e. The second kappa shape index (κ2) is 3.18. The summed E-state index contributed by atoms with van der Waals surface area (Å²) in [6.45, 7) is 0.682. The van der Waals surface area contributed by atoms with Crippen LogP contribution in [-0.2, 0) is 14.3 Å². The summed E-state index contributed by atoms with van der Waals surface area (Å²) in [5.41, 5.74) is -1.06. The zero-order valence-electron chi connectivity index (χ0n) is 7.60. The third-order valence-electron chi connectivity index (χ3n) is 2.44. The van der Waals surface area contributed by atoms with Crippen molar-refractivity contribution in [2.24, 2.45) is 0 Å². The highest BCUT2D eigenvalue weighted by atomic mass is 16.5. The van der Waals surface area contributed by atoms with Gasteiger partial charge in [-0.3, -0.25) is 14.5 Å². The molecule has 0 saturated carbocycles. The summed E-state index contributed by atoms with van der Waals surface area (Å²) in [6, 6.07) is 0. The van der Waals surface area contributed by atoms with Gasteiger partial charge < -0.3 is 9.84 Å². The van der Waals surface area contributed by atoms with E-state index in [1.54, 1.807) is 0 Å². The highest BCUT2D eigenvalue weighted by Crippen LogP contribution is 2.21. The Morgan fingerprint density at radius 3 is 2.57 bits per heavy atom. The van der Waals surface area contributed by atoms with Gasteiger partial charge in [0.1, 0.15) is 5.60 Å². The molecule has 0 aromatic rings. The van der Waals surface area contributed by atoms with E-state index in [4.69, 9.17) is 4.74 Å². The molecule has 0 aliphatic carbocycles. The molecule has 5 heteroatoms. The molecule has 0 radical (unpaired) electrons. The van der Waals surface area contributed by atoms with Crippen LogP contribution in [0.4, 0.5) is 0 Å². The van der Waals surface area contributed by atoms with Gasteiger partial charge in [0, 0.05) is 25.2 Å². The molecule has 1 atom stereocenters. The number of aliphatic hydroxyl groups is 1. The predicted molar refractivity (Wildman–Crippen MR) is 46.2 cm³/mol. The maximum Gasteiger partial charge on any atom is 0.253 e. The maximum atomic E-state index is 11.2. The van der Waals surface area contributed by atoms with Crippen LogP contribution >= 0.6 is 0 Å². The lowest BCUT2D eigenvalue weighted by molar-refractivity contribution is -0.140. The summed E-state index contributed by atoms with van der Waals surface area (Å²) in [6.07, 6.45) is 2.88. The van der Waals surface area contributed by atoms with E-state index < -0.39 is 5.60 Å². The van der Waals surface area contributed by atoms with Crippen molar-refractivity contribution in [1.82, 2.24) is 4.90 Å². The Hall–Kier alpha value is -1.20. The van der Waals surface area contributed by atoms with E-state index in [1.165, 1.54) is 12.2 Å². The van der Waals surface area contributed by atoms with Crippen molar-refractivity contribution in [3.05, 3.63) is 12.2 Å². The molecule has 14 heavy (non-hydrogen) atoms. The molecular weight excluding hydrogens is 186 g/mol. The van der Waals surface area contributed by atoms with Crippen molar-refractivity contribution in [3.8, 4) is 0 Å². The van der Waals surface area contributed by atoms with Crippen LogP contribution in [0.3, 0.4) is 0 Å². The summed E-state index contributed by atoms with van der Waals surface area (Å²) in [7, 11) is 0. The SMILES string of the molecule is O=C1C=CC(=O)N1CC1(O)CCOC1. The Morgan fingerprint density at radius 2 is 2.07 bits per heavy atom. The maximum absolute atomic E-state index is 11.2. The molecule has 0 aromatic carbocycles. The van der Waals surface area contributed by atoms with Crippen molar-refractivity contribution in [2.45, 2.75) is 12.0 Å². The van der Waals surface area contributed by atoms with Gasteiger partial charge in [-0.2, -0.15) is 0 Å². The highest BCUT2D eigenvalue weighted by molar-refractivity contribution is 6.12. The zero-order chi connectivity index (χ0) is 10.2. The van der Waals surface area contributed by atoms with E-state index in [0.717, 1.165) is 4.90 Å². The first-order valence-corrected chi connectivity index (χ1v) is 4.44. The van der Waals surface area contributed by atoms with Crippen LogP contribution in [0.1, 0.15) is 6.42 Å². The number of β-amino-alcohol motifs (C(OH)–C–C–N with tert-alkyl or cyclic N) is 1. The molecule has 5 nitrogen and oxygen atoms in total. The molecule has 2 rings (SSSR count).